The number of thiophene rings is 1. The standard InChI is InChI=1S/C11H11N3O2S/c1-8-2-3-10(17-8)7-13-11-6-9(14(15)16)4-5-12-11/h2-6H,7H2,1H3,(H,12,13). The number of rotatable bonds is 4. The van der Waals surface area contributed by atoms with Crippen molar-refractivity contribution in [3.05, 3.63) is 50.3 Å². The molecule has 0 aromatic carbocycles. The van der Waals surface area contributed by atoms with Gasteiger partial charge in [-0.25, -0.2) is 4.98 Å². The lowest BCUT2D eigenvalue weighted by Crippen LogP contribution is -2.00. The van der Waals surface area contributed by atoms with Crippen LogP contribution in [0.25, 0.3) is 0 Å². The van der Waals surface area contributed by atoms with E-state index in [2.05, 4.69) is 10.3 Å². The highest BCUT2D eigenvalue weighted by Gasteiger charge is 2.06. The molecule has 0 unspecified atom stereocenters. The Labute approximate surface area is 102 Å². The maximum Gasteiger partial charge on any atom is 0.274 e. The third-order valence-electron chi connectivity index (χ3n) is 2.19. The molecule has 0 bridgehead atoms. The quantitative estimate of drug-likeness (QED) is 0.668. The van der Waals surface area contributed by atoms with Crippen molar-refractivity contribution in [3.8, 4) is 0 Å². The van der Waals surface area contributed by atoms with Gasteiger partial charge < -0.3 is 5.32 Å². The van der Waals surface area contributed by atoms with Crippen molar-refractivity contribution in [1.82, 2.24) is 4.98 Å². The molecule has 0 atom stereocenters. The van der Waals surface area contributed by atoms with Gasteiger partial charge in [-0.15, -0.1) is 11.3 Å². The summed E-state index contributed by atoms with van der Waals surface area (Å²) < 4.78 is 0. The first-order chi connectivity index (χ1) is 8.15. The van der Waals surface area contributed by atoms with Gasteiger partial charge in [-0.3, -0.25) is 10.1 Å². The van der Waals surface area contributed by atoms with Crippen LogP contribution in [0.1, 0.15) is 9.75 Å². The molecule has 0 aliphatic carbocycles. The van der Waals surface area contributed by atoms with E-state index in [-0.39, 0.29) is 5.69 Å². The van der Waals surface area contributed by atoms with Gasteiger partial charge in [-0.05, 0) is 19.1 Å². The Bertz CT molecular complexity index is 539. The van der Waals surface area contributed by atoms with Crippen LogP contribution in [0.15, 0.2) is 30.5 Å². The van der Waals surface area contributed by atoms with Gasteiger partial charge in [0, 0.05) is 22.0 Å². The van der Waals surface area contributed by atoms with Gasteiger partial charge in [0.05, 0.1) is 17.5 Å². The van der Waals surface area contributed by atoms with Crippen LogP contribution in [0.3, 0.4) is 0 Å². The molecular weight excluding hydrogens is 238 g/mol. The van der Waals surface area contributed by atoms with Gasteiger partial charge in [0.25, 0.3) is 5.69 Å². The number of hydrogen-bond acceptors (Lipinski definition) is 5. The maximum atomic E-state index is 10.6. The van der Waals surface area contributed by atoms with E-state index < -0.39 is 4.92 Å². The van der Waals surface area contributed by atoms with Gasteiger partial charge >= 0.3 is 0 Å². The first-order valence-corrected chi connectivity index (χ1v) is 5.86. The minimum Gasteiger partial charge on any atom is -0.365 e. The van der Waals surface area contributed by atoms with E-state index >= 15 is 0 Å². The van der Waals surface area contributed by atoms with Crippen LogP contribution in [-0.4, -0.2) is 9.91 Å². The zero-order chi connectivity index (χ0) is 12.3. The molecule has 88 valence electrons. The molecule has 2 rings (SSSR count). The van der Waals surface area contributed by atoms with E-state index in [9.17, 15) is 10.1 Å². The number of nitrogens with one attached hydrogen (secondary N) is 1. The summed E-state index contributed by atoms with van der Waals surface area (Å²) >= 11 is 1.69. The number of nitrogens with zero attached hydrogens (tertiary/aromatic N) is 2. The van der Waals surface area contributed by atoms with Gasteiger partial charge in [0.1, 0.15) is 5.82 Å². The lowest BCUT2D eigenvalue weighted by Gasteiger charge is -2.02. The Balaban J connectivity index is 2.04. The Morgan fingerprint density at radius 2 is 2.29 bits per heavy atom. The van der Waals surface area contributed by atoms with Crippen LogP contribution in [0.2, 0.25) is 0 Å². The van der Waals surface area contributed by atoms with Crippen molar-refractivity contribution in [1.29, 1.82) is 0 Å². The highest BCUT2D eigenvalue weighted by Crippen LogP contribution is 2.18. The fourth-order valence-electron chi connectivity index (χ4n) is 1.39. The van der Waals surface area contributed by atoms with Crippen molar-refractivity contribution in [2.24, 2.45) is 0 Å². The summed E-state index contributed by atoms with van der Waals surface area (Å²) in [5, 5.41) is 13.6. The SMILES string of the molecule is Cc1ccc(CNc2cc([N+](=O)[O-])ccn2)s1. The molecule has 2 aromatic rings. The fraction of sp³-hybridized carbons (Fsp3) is 0.182. The molecule has 1 N–H and O–H groups in total. The molecule has 0 aliphatic heterocycles. The number of aryl methyl sites for hydroxylation is 1. The smallest absolute Gasteiger partial charge is 0.274 e. The van der Waals surface area contributed by atoms with E-state index in [1.54, 1.807) is 11.3 Å². The zero-order valence-corrected chi connectivity index (χ0v) is 10.0. The molecule has 2 aromatic heterocycles. The topological polar surface area (TPSA) is 68.1 Å². The Hall–Kier alpha value is -1.95. The van der Waals surface area contributed by atoms with Crippen molar-refractivity contribution in [3.63, 3.8) is 0 Å². The van der Waals surface area contributed by atoms with E-state index in [0.717, 1.165) is 0 Å². The lowest BCUT2D eigenvalue weighted by atomic mass is 10.4. The summed E-state index contributed by atoms with van der Waals surface area (Å²) in [5.41, 5.74) is 0.0462. The second-order valence-electron chi connectivity index (χ2n) is 3.52. The summed E-state index contributed by atoms with van der Waals surface area (Å²) in [7, 11) is 0. The molecule has 0 aliphatic rings. The normalized spacial score (nSPS) is 10.2. The predicted octanol–water partition coefficient (Wildman–Crippen LogP) is 2.97. The second-order valence-corrected chi connectivity index (χ2v) is 4.89. The number of hydrogen-bond donors (Lipinski definition) is 1. The van der Waals surface area contributed by atoms with Crippen molar-refractivity contribution in [2.75, 3.05) is 5.32 Å². The fourth-order valence-corrected chi connectivity index (χ4v) is 2.22. The molecule has 5 nitrogen and oxygen atoms in total. The van der Waals surface area contributed by atoms with Crippen LogP contribution < -0.4 is 5.32 Å². The number of anilines is 1. The van der Waals surface area contributed by atoms with Crippen molar-refractivity contribution in [2.45, 2.75) is 13.5 Å². The van der Waals surface area contributed by atoms with Gasteiger partial charge in [0.2, 0.25) is 0 Å². The first-order valence-electron chi connectivity index (χ1n) is 5.05. The lowest BCUT2D eigenvalue weighted by molar-refractivity contribution is -0.384. The molecule has 0 fully saturated rings. The molecule has 0 amide bonds. The molecule has 0 radical (unpaired) electrons. The minimum absolute atomic E-state index is 0.0462. The van der Waals surface area contributed by atoms with Crippen molar-refractivity contribution >= 4 is 22.8 Å². The van der Waals surface area contributed by atoms with Gasteiger partial charge in [-0.1, -0.05) is 0 Å². The average Bonchev–Trinajstić information content (AvgIpc) is 2.73. The Morgan fingerprint density at radius 1 is 1.47 bits per heavy atom. The molecule has 17 heavy (non-hydrogen) atoms. The molecular formula is C11H11N3O2S. The number of nitro groups is 1. The molecule has 2 heterocycles. The highest BCUT2D eigenvalue weighted by atomic mass is 32.1. The Morgan fingerprint density at radius 3 is 2.94 bits per heavy atom. The monoisotopic (exact) mass is 249 g/mol. The molecule has 0 saturated carbocycles. The summed E-state index contributed by atoms with van der Waals surface area (Å²) in [6, 6.07) is 6.88. The average molecular weight is 249 g/mol. The van der Waals surface area contributed by atoms with Crippen LogP contribution in [0.5, 0.6) is 0 Å². The highest BCUT2D eigenvalue weighted by molar-refractivity contribution is 7.11. The van der Waals surface area contributed by atoms with E-state index in [1.807, 2.05) is 19.1 Å². The summed E-state index contributed by atoms with van der Waals surface area (Å²) in [6.07, 6.45) is 1.43. The van der Waals surface area contributed by atoms with Crippen LogP contribution in [0.4, 0.5) is 11.5 Å². The summed E-state index contributed by atoms with van der Waals surface area (Å²) in [5.74, 6) is 0.519. The largest absolute Gasteiger partial charge is 0.365 e. The molecule has 0 saturated heterocycles. The number of aromatic nitrogens is 1. The van der Waals surface area contributed by atoms with E-state index in [4.69, 9.17) is 0 Å². The van der Waals surface area contributed by atoms with E-state index in [1.165, 1.54) is 28.1 Å². The summed E-state index contributed by atoms with van der Waals surface area (Å²) in [6.45, 7) is 2.67. The van der Waals surface area contributed by atoms with E-state index in [0.29, 0.717) is 12.4 Å². The first kappa shape index (κ1) is 11.5. The minimum atomic E-state index is -0.428. The summed E-state index contributed by atoms with van der Waals surface area (Å²) in [4.78, 5) is 16.6. The third kappa shape index (κ3) is 3.01. The van der Waals surface area contributed by atoms with Crippen LogP contribution in [-0.2, 0) is 6.54 Å². The third-order valence-corrected chi connectivity index (χ3v) is 3.19. The molecule has 0 spiro atoms. The van der Waals surface area contributed by atoms with Crippen LogP contribution in [0, 0.1) is 17.0 Å². The van der Waals surface area contributed by atoms with Gasteiger partial charge in [-0.2, -0.15) is 0 Å². The van der Waals surface area contributed by atoms with Crippen molar-refractivity contribution < 1.29 is 4.92 Å². The maximum absolute atomic E-state index is 10.6. The zero-order valence-electron chi connectivity index (χ0n) is 9.21. The van der Waals surface area contributed by atoms with Crippen LogP contribution >= 0.6 is 11.3 Å². The molecule has 6 heteroatoms. The Kier molecular flexibility index (Phi) is 3.34. The number of pyridine rings is 1. The van der Waals surface area contributed by atoms with Gasteiger partial charge in [0.15, 0.2) is 0 Å². The predicted molar refractivity (Wildman–Crippen MR) is 67.3 cm³/mol. The second kappa shape index (κ2) is 4.92.